The molecule has 0 fully saturated rings. The van der Waals surface area contributed by atoms with Gasteiger partial charge in [-0.15, -0.1) is 0 Å². The molecule has 114 valence electrons. The van der Waals surface area contributed by atoms with E-state index >= 15 is 0 Å². The number of anilines is 1. The van der Waals surface area contributed by atoms with Crippen molar-refractivity contribution in [1.82, 2.24) is 9.78 Å². The van der Waals surface area contributed by atoms with Crippen molar-refractivity contribution in [3.63, 3.8) is 0 Å². The van der Waals surface area contributed by atoms with Crippen LogP contribution in [0.1, 0.15) is 38.1 Å². The Morgan fingerprint density at radius 1 is 1.38 bits per heavy atom. The topological polar surface area (TPSA) is 55.9 Å². The summed E-state index contributed by atoms with van der Waals surface area (Å²) in [4.78, 5) is 0. The molecule has 21 heavy (non-hydrogen) atoms. The molecule has 0 bridgehead atoms. The first-order valence-corrected chi connectivity index (χ1v) is 7.86. The van der Waals surface area contributed by atoms with Gasteiger partial charge in [0.1, 0.15) is 0 Å². The number of rotatable bonds is 4. The largest absolute Gasteiger partial charge is 0.377 e. The van der Waals surface area contributed by atoms with E-state index in [-0.39, 0.29) is 11.5 Å². The van der Waals surface area contributed by atoms with E-state index in [1.807, 2.05) is 29.9 Å². The molecule has 2 aromatic rings. The fraction of sp³-hybridized carbons (Fsp3) is 0.438. The minimum absolute atomic E-state index is 0.0109. The maximum atomic E-state index is 6.00. The zero-order chi connectivity index (χ0) is 15.6. The molecule has 1 heterocycles. The second-order valence-electron chi connectivity index (χ2n) is 6.30. The molecule has 2 rings (SSSR count). The van der Waals surface area contributed by atoms with Crippen LogP contribution in [-0.2, 0) is 12.5 Å². The van der Waals surface area contributed by atoms with Crippen LogP contribution in [0.4, 0.5) is 5.69 Å². The number of benzene rings is 1. The Bertz CT molecular complexity index is 613. The Morgan fingerprint density at radius 3 is 2.67 bits per heavy atom. The van der Waals surface area contributed by atoms with Crippen LogP contribution in [0.5, 0.6) is 0 Å². The summed E-state index contributed by atoms with van der Waals surface area (Å²) in [6, 6.07) is 8.15. The van der Waals surface area contributed by atoms with Crippen LogP contribution < -0.4 is 11.1 Å². The summed E-state index contributed by atoms with van der Waals surface area (Å²) >= 11 is 3.49. The molecule has 3 N–H and O–H groups in total. The number of nitrogens with zero attached hydrogens (tertiary/aromatic N) is 2. The summed E-state index contributed by atoms with van der Waals surface area (Å²) < 4.78 is 2.91. The second-order valence-corrected chi connectivity index (χ2v) is 7.22. The number of aryl methyl sites for hydroxylation is 1. The summed E-state index contributed by atoms with van der Waals surface area (Å²) in [5, 5.41) is 8.13. The lowest BCUT2D eigenvalue weighted by Gasteiger charge is -2.23. The number of halogens is 1. The molecule has 1 aromatic heterocycles. The van der Waals surface area contributed by atoms with Crippen molar-refractivity contribution in [2.45, 2.75) is 32.2 Å². The van der Waals surface area contributed by atoms with E-state index in [2.05, 4.69) is 59.4 Å². The van der Waals surface area contributed by atoms with Gasteiger partial charge in [-0.2, -0.15) is 5.10 Å². The molecule has 0 saturated heterocycles. The molecule has 1 aromatic carbocycles. The highest BCUT2D eigenvalue weighted by Crippen LogP contribution is 2.30. The molecular weight excluding hydrogens is 328 g/mol. The highest BCUT2D eigenvalue weighted by molar-refractivity contribution is 9.10. The molecular formula is C16H23BrN4. The van der Waals surface area contributed by atoms with E-state index in [0.717, 1.165) is 21.4 Å². The molecule has 0 aliphatic heterocycles. The third-order valence-electron chi connectivity index (χ3n) is 3.34. The van der Waals surface area contributed by atoms with Crippen molar-refractivity contribution >= 4 is 21.6 Å². The number of nitrogens with one attached hydrogen (secondary N) is 1. The average molecular weight is 351 g/mol. The standard InChI is InChI=1S/C16H23BrN4/c1-16(2,3)15-13(10-21(4)20-15)14(9-18)19-12-7-5-6-11(17)8-12/h5-8,10,14,19H,9,18H2,1-4H3. The third kappa shape index (κ3) is 3.86. The average Bonchev–Trinajstić information content (AvgIpc) is 2.78. The van der Waals surface area contributed by atoms with Crippen LogP contribution >= 0.6 is 15.9 Å². The van der Waals surface area contributed by atoms with Gasteiger partial charge in [-0.25, -0.2) is 0 Å². The minimum atomic E-state index is -0.0109. The lowest BCUT2D eigenvalue weighted by molar-refractivity contribution is 0.544. The number of aromatic nitrogens is 2. The molecule has 5 heteroatoms. The van der Waals surface area contributed by atoms with Crippen molar-refractivity contribution in [3.05, 3.63) is 46.2 Å². The molecule has 1 atom stereocenters. The van der Waals surface area contributed by atoms with Gasteiger partial charge in [-0.05, 0) is 18.2 Å². The highest BCUT2D eigenvalue weighted by Gasteiger charge is 2.26. The number of hydrogen-bond donors (Lipinski definition) is 2. The second kappa shape index (κ2) is 6.20. The summed E-state index contributed by atoms with van der Waals surface area (Å²) in [6.45, 7) is 7.03. The van der Waals surface area contributed by atoms with E-state index in [1.54, 1.807) is 0 Å². The van der Waals surface area contributed by atoms with Gasteiger partial charge in [0.05, 0.1) is 11.7 Å². The summed E-state index contributed by atoms with van der Waals surface area (Å²) in [7, 11) is 1.95. The number of hydrogen-bond acceptors (Lipinski definition) is 3. The Morgan fingerprint density at radius 2 is 2.10 bits per heavy atom. The first kappa shape index (κ1) is 16.0. The molecule has 4 nitrogen and oxygen atoms in total. The Hall–Kier alpha value is -1.33. The van der Waals surface area contributed by atoms with Crippen LogP contribution in [0.2, 0.25) is 0 Å². The molecule has 0 spiro atoms. The van der Waals surface area contributed by atoms with Gasteiger partial charge in [0.2, 0.25) is 0 Å². The highest BCUT2D eigenvalue weighted by atomic mass is 79.9. The fourth-order valence-corrected chi connectivity index (χ4v) is 2.79. The molecule has 0 amide bonds. The van der Waals surface area contributed by atoms with Gasteiger partial charge >= 0.3 is 0 Å². The fourth-order valence-electron chi connectivity index (χ4n) is 2.39. The normalized spacial score (nSPS) is 13.2. The Labute approximate surface area is 134 Å². The molecule has 0 radical (unpaired) electrons. The van der Waals surface area contributed by atoms with Crippen molar-refractivity contribution in [2.75, 3.05) is 11.9 Å². The smallest absolute Gasteiger partial charge is 0.0731 e. The summed E-state index contributed by atoms with van der Waals surface area (Å²) in [5.74, 6) is 0. The van der Waals surface area contributed by atoms with Gasteiger partial charge < -0.3 is 11.1 Å². The van der Waals surface area contributed by atoms with E-state index in [1.165, 1.54) is 0 Å². The predicted octanol–water partition coefficient (Wildman–Crippen LogP) is 3.59. The third-order valence-corrected chi connectivity index (χ3v) is 3.84. The van der Waals surface area contributed by atoms with Crippen molar-refractivity contribution in [2.24, 2.45) is 12.8 Å². The van der Waals surface area contributed by atoms with Gasteiger partial charge in [-0.3, -0.25) is 4.68 Å². The van der Waals surface area contributed by atoms with Crippen LogP contribution in [0.3, 0.4) is 0 Å². The van der Waals surface area contributed by atoms with Crippen molar-refractivity contribution in [1.29, 1.82) is 0 Å². The van der Waals surface area contributed by atoms with Crippen molar-refractivity contribution < 1.29 is 0 Å². The molecule has 0 saturated carbocycles. The minimum Gasteiger partial charge on any atom is -0.377 e. The zero-order valence-electron chi connectivity index (χ0n) is 13.0. The predicted molar refractivity (Wildman–Crippen MR) is 91.5 cm³/mol. The van der Waals surface area contributed by atoms with Crippen LogP contribution in [0.15, 0.2) is 34.9 Å². The molecule has 0 aliphatic rings. The van der Waals surface area contributed by atoms with E-state index in [9.17, 15) is 0 Å². The Balaban J connectivity index is 2.34. The van der Waals surface area contributed by atoms with E-state index < -0.39 is 0 Å². The van der Waals surface area contributed by atoms with Gasteiger partial charge in [0.15, 0.2) is 0 Å². The first-order chi connectivity index (χ1) is 9.81. The number of nitrogens with two attached hydrogens (primary N) is 1. The Kier molecular flexibility index (Phi) is 4.74. The maximum Gasteiger partial charge on any atom is 0.0731 e. The zero-order valence-corrected chi connectivity index (χ0v) is 14.6. The monoisotopic (exact) mass is 350 g/mol. The van der Waals surface area contributed by atoms with Crippen LogP contribution in [-0.4, -0.2) is 16.3 Å². The molecule has 0 aliphatic carbocycles. The SMILES string of the molecule is Cn1cc(C(CN)Nc2cccc(Br)c2)c(C(C)(C)C)n1. The quantitative estimate of drug-likeness (QED) is 0.885. The molecule has 1 unspecified atom stereocenters. The lowest BCUT2D eigenvalue weighted by atomic mass is 9.87. The van der Waals surface area contributed by atoms with Crippen LogP contribution in [0.25, 0.3) is 0 Å². The van der Waals surface area contributed by atoms with E-state index in [4.69, 9.17) is 5.73 Å². The summed E-state index contributed by atoms with van der Waals surface area (Å²) in [5.41, 5.74) is 9.28. The first-order valence-electron chi connectivity index (χ1n) is 7.07. The maximum absolute atomic E-state index is 6.00. The van der Waals surface area contributed by atoms with Crippen LogP contribution in [0, 0.1) is 0 Å². The van der Waals surface area contributed by atoms with Gasteiger partial charge in [0, 0.05) is 40.9 Å². The lowest BCUT2D eigenvalue weighted by Crippen LogP contribution is -2.24. The van der Waals surface area contributed by atoms with Gasteiger partial charge in [0.25, 0.3) is 0 Å². The van der Waals surface area contributed by atoms with E-state index in [0.29, 0.717) is 6.54 Å². The van der Waals surface area contributed by atoms with Crippen molar-refractivity contribution in [3.8, 4) is 0 Å². The summed E-state index contributed by atoms with van der Waals surface area (Å²) in [6.07, 6.45) is 2.06. The van der Waals surface area contributed by atoms with Gasteiger partial charge in [-0.1, -0.05) is 42.8 Å².